The van der Waals surface area contributed by atoms with Crippen LogP contribution in [0.2, 0.25) is 10.0 Å². The molecule has 0 spiro atoms. The molecule has 1 aromatic heterocycles. The van der Waals surface area contributed by atoms with E-state index in [0.29, 0.717) is 35.4 Å². The molecule has 10 nitrogen and oxygen atoms in total. The lowest BCUT2D eigenvalue weighted by molar-refractivity contribution is -0.384. The van der Waals surface area contributed by atoms with Gasteiger partial charge in [0.05, 0.1) is 29.4 Å². The molecule has 2 saturated heterocycles. The van der Waals surface area contributed by atoms with E-state index in [-0.39, 0.29) is 16.7 Å². The van der Waals surface area contributed by atoms with Gasteiger partial charge in [-0.3, -0.25) is 15.0 Å². The van der Waals surface area contributed by atoms with E-state index >= 15 is 0 Å². The van der Waals surface area contributed by atoms with Crippen molar-refractivity contribution in [3.05, 3.63) is 117 Å². The van der Waals surface area contributed by atoms with Crippen LogP contribution in [0.15, 0.2) is 85.5 Å². The molecule has 43 heavy (non-hydrogen) atoms. The second-order valence-corrected chi connectivity index (χ2v) is 11.5. The Morgan fingerprint density at radius 1 is 1.02 bits per heavy atom. The number of anilines is 1. The van der Waals surface area contributed by atoms with Crippen molar-refractivity contribution in [1.82, 2.24) is 14.5 Å². The summed E-state index contributed by atoms with van der Waals surface area (Å²) >= 11 is 12.7. The van der Waals surface area contributed by atoms with E-state index in [9.17, 15) is 10.1 Å². The predicted octanol–water partition coefficient (Wildman–Crippen LogP) is 5.77. The molecular formula is C31H31Cl2N5O5. The molecule has 12 heteroatoms. The zero-order chi connectivity index (χ0) is 29.8. The summed E-state index contributed by atoms with van der Waals surface area (Å²) in [4.78, 5) is 19.4. The highest BCUT2D eigenvalue weighted by Crippen LogP contribution is 2.40. The molecular weight excluding hydrogens is 593 g/mol. The van der Waals surface area contributed by atoms with Crippen LogP contribution in [0.3, 0.4) is 0 Å². The molecule has 2 aliphatic heterocycles. The first-order valence-electron chi connectivity index (χ1n) is 14.0. The molecule has 224 valence electrons. The highest BCUT2D eigenvalue weighted by Gasteiger charge is 2.45. The summed E-state index contributed by atoms with van der Waals surface area (Å²) in [6.07, 6.45) is 4.96. The molecule has 0 N–H and O–H groups in total. The maximum absolute atomic E-state index is 10.9. The molecule has 0 saturated carbocycles. The molecule has 3 heterocycles. The summed E-state index contributed by atoms with van der Waals surface area (Å²) in [5, 5.41) is 11.9. The second-order valence-electron chi connectivity index (χ2n) is 10.7. The molecule has 0 radical (unpaired) electrons. The van der Waals surface area contributed by atoms with Gasteiger partial charge < -0.3 is 23.7 Å². The molecule has 0 aliphatic carbocycles. The van der Waals surface area contributed by atoms with Crippen molar-refractivity contribution < 1.29 is 19.1 Å². The van der Waals surface area contributed by atoms with Crippen molar-refractivity contribution in [1.29, 1.82) is 0 Å². The second kappa shape index (κ2) is 12.9. The van der Waals surface area contributed by atoms with E-state index in [4.69, 9.17) is 37.4 Å². The first-order valence-corrected chi connectivity index (χ1v) is 14.8. The smallest absolute Gasteiger partial charge is 0.269 e. The van der Waals surface area contributed by atoms with Gasteiger partial charge in [0.2, 0.25) is 5.79 Å². The topological polar surface area (TPSA) is 95.1 Å². The monoisotopic (exact) mass is 623 g/mol. The summed E-state index contributed by atoms with van der Waals surface area (Å²) in [6, 6.07) is 20.2. The van der Waals surface area contributed by atoms with Gasteiger partial charge in [-0.05, 0) is 42.0 Å². The maximum Gasteiger partial charge on any atom is 0.269 e. The first-order chi connectivity index (χ1) is 20.9. The number of hydrogen-bond acceptors (Lipinski definition) is 8. The summed E-state index contributed by atoms with van der Waals surface area (Å²) < 4.78 is 20.7. The van der Waals surface area contributed by atoms with Crippen LogP contribution >= 0.6 is 23.2 Å². The fourth-order valence-electron chi connectivity index (χ4n) is 5.46. The van der Waals surface area contributed by atoms with Gasteiger partial charge in [-0.25, -0.2) is 4.98 Å². The zero-order valence-corrected chi connectivity index (χ0v) is 24.9. The van der Waals surface area contributed by atoms with E-state index in [1.165, 1.54) is 0 Å². The Kier molecular flexibility index (Phi) is 8.83. The third-order valence-electron chi connectivity index (χ3n) is 7.71. The number of non-ortho nitro benzene ring substituents is 1. The quantitative estimate of drug-likeness (QED) is 0.162. The summed E-state index contributed by atoms with van der Waals surface area (Å²) in [6.45, 7) is 5.42. The Labute approximate surface area is 259 Å². The van der Waals surface area contributed by atoms with Crippen LogP contribution in [-0.4, -0.2) is 64.9 Å². The Balaban J connectivity index is 1.02. The number of nitro benzene ring substituents is 1. The number of rotatable bonds is 10. The van der Waals surface area contributed by atoms with Gasteiger partial charge in [0.25, 0.3) is 5.69 Å². The molecule has 4 aromatic rings. The lowest BCUT2D eigenvalue weighted by Crippen LogP contribution is -2.45. The number of imidazole rings is 1. The summed E-state index contributed by atoms with van der Waals surface area (Å²) in [7, 11) is 0. The Hall–Kier alpha value is -3.67. The number of piperazine rings is 1. The molecule has 0 bridgehead atoms. The SMILES string of the molecule is O=[N+]([O-])c1ccc(CN2CCN(c3ccc(OCC4COC(Cn5ccnc5)(c5ccc(Cl)cc5Cl)O4)cc3)CC2)cc1. The number of halogens is 2. The Morgan fingerprint density at radius 3 is 2.47 bits per heavy atom. The molecule has 2 atom stereocenters. The maximum atomic E-state index is 10.9. The fourth-order valence-corrected chi connectivity index (χ4v) is 6.02. The molecule has 3 aromatic carbocycles. The summed E-state index contributed by atoms with van der Waals surface area (Å²) in [5.74, 6) is -0.346. The predicted molar refractivity (Wildman–Crippen MR) is 164 cm³/mol. The highest BCUT2D eigenvalue weighted by atomic mass is 35.5. The van der Waals surface area contributed by atoms with Crippen LogP contribution in [0.25, 0.3) is 0 Å². The standard InChI is InChI=1S/C31H31Cl2N5O5/c32-24-3-10-29(30(33)17-24)31(21-36-12-11-34-22-36)42-20-28(43-31)19-41-27-8-6-25(7-9-27)37-15-13-35(14-16-37)18-23-1-4-26(5-2-23)38(39)40/h1-12,17,22,28H,13-16,18-21H2. The van der Waals surface area contributed by atoms with E-state index < -0.39 is 5.79 Å². The number of hydrogen-bond donors (Lipinski definition) is 0. The Morgan fingerprint density at radius 2 is 1.79 bits per heavy atom. The average molecular weight is 625 g/mol. The van der Waals surface area contributed by atoms with E-state index in [2.05, 4.69) is 26.9 Å². The van der Waals surface area contributed by atoms with Crippen LogP contribution in [0, 0.1) is 10.1 Å². The van der Waals surface area contributed by atoms with Crippen molar-refractivity contribution in [3.63, 3.8) is 0 Å². The minimum Gasteiger partial charge on any atom is -0.491 e. The molecule has 2 fully saturated rings. The number of aromatic nitrogens is 2. The summed E-state index contributed by atoms with van der Waals surface area (Å²) in [5.41, 5.74) is 3.03. The van der Waals surface area contributed by atoms with E-state index in [1.807, 2.05) is 41.1 Å². The van der Waals surface area contributed by atoms with Crippen LogP contribution in [-0.2, 0) is 28.4 Å². The van der Waals surface area contributed by atoms with Gasteiger partial charge in [0.1, 0.15) is 18.5 Å². The van der Waals surface area contributed by atoms with E-state index in [1.54, 1.807) is 36.8 Å². The van der Waals surface area contributed by atoms with Crippen molar-refractivity contribution in [3.8, 4) is 5.75 Å². The van der Waals surface area contributed by atoms with Gasteiger partial charge in [-0.15, -0.1) is 0 Å². The van der Waals surface area contributed by atoms with Gasteiger partial charge in [0, 0.05) is 73.5 Å². The van der Waals surface area contributed by atoms with Crippen molar-refractivity contribution in [2.75, 3.05) is 44.3 Å². The van der Waals surface area contributed by atoms with Crippen LogP contribution in [0.5, 0.6) is 5.75 Å². The van der Waals surface area contributed by atoms with Crippen molar-refractivity contribution in [2.24, 2.45) is 0 Å². The number of nitro groups is 1. The van der Waals surface area contributed by atoms with Gasteiger partial charge in [0.15, 0.2) is 0 Å². The minimum atomic E-state index is -1.10. The number of ether oxygens (including phenoxy) is 3. The third kappa shape index (κ3) is 6.95. The van der Waals surface area contributed by atoms with Crippen molar-refractivity contribution in [2.45, 2.75) is 25.0 Å². The fraction of sp³-hybridized carbons (Fsp3) is 0.323. The van der Waals surface area contributed by atoms with Gasteiger partial charge in [-0.2, -0.15) is 0 Å². The molecule has 2 aliphatic rings. The number of nitrogens with zero attached hydrogens (tertiary/aromatic N) is 5. The lowest BCUT2D eigenvalue weighted by Gasteiger charge is -2.36. The largest absolute Gasteiger partial charge is 0.491 e. The van der Waals surface area contributed by atoms with Crippen LogP contribution < -0.4 is 9.64 Å². The van der Waals surface area contributed by atoms with Crippen LogP contribution in [0.4, 0.5) is 11.4 Å². The van der Waals surface area contributed by atoms with Gasteiger partial charge >= 0.3 is 0 Å². The average Bonchev–Trinajstić information content (AvgIpc) is 3.68. The minimum absolute atomic E-state index is 0.117. The third-order valence-corrected chi connectivity index (χ3v) is 8.26. The molecule has 0 amide bonds. The van der Waals surface area contributed by atoms with Gasteiger partial charge in [-0.1, -0.05) is 41.4 Å². The van der Waals surface area contributed by atoms with Crippen molar-refractivity contribution >= 4 is 34.6 Å². The van der Waals surface area contributed by atoms with Crippen LogP contribution in [0.1, 0.15) is 11.1 Å². The lowest BCUT2D eigenvalue weighted by atomic mass is 10.1. The molecule has 6 rings (SSSR count). The highest BCUT2D eigenvalue weighted by molar-refractivity contribution is 6.35. The first kappa shape index (κ1) is 29.4. The Bertz CT molecular complexity index is 1530. The number of benzene rings is 3. The normalized spacial score (nSPS) is 20.8. The molecule has 2 unspecified atom stereocenters. The van der Waals surface area contributed by atoms with E-state index in [0.717, 1.165) is 49.7 Å². The zero-order valence-electron chi connectivity index (χ0n) is 23.4.